The lowest BCUT2D eigenvalue weighted by molar-refractivity contribution is 0.0519. The predicted molar refractivity (Wildman–Crippen MR) is 106 cm³/mol. The van der Waals surface area contributed by atoms with Gasteiger partial charge in [0, 0.05) is 18.3 Å². The fourth-order valence-electron chi connectivity index (χ4n) is 2.84. The number of rotatable bonds is 7. The minimum absolute atomic E-state index is 0.0672. The highest BCUT2D eigenvalue weighted by Crippen LogP contribution is 2.27. The van der Waals surface area contributed by atoms with Crippen LogP contribution < -0.4 is 0 Å². The van der Waals surface area contributed by atoms with E-state index < -0.39 is 5.97 Å². The van der Waals surface area contributed by atoms with E-state index in [1.54, 1.807) is 32.1 Å². The smallest absolute Gasteiger partial charge is 0.355 e. The number of thioether (sulfide) groups is 1. The number of Topliss-reactive ketones (excluding diaryl/α,β-unsaturated/α-hetero) is 1. The Morgan fingerprint density at radius 3 is 2.78 bits per heavy atom. The number of nitrogens with one attached hydrogen (secondary N) is 1. The third kappa shape index (κ3) is 3.84. The van der Waals surface area contributed by atoms with Crippen molar-refractivity contribution in [2.45, 2.75) is 25.9 Å². The van der Waals surface area contributed by atoms with Crippen LogP contribution in [0.4, 0.5) is 0 Å². The summed E-state index contributed by atoms with van der Waals surface area (Å²) < 4.78 is 6.91. The van der Waals surface area contributed by atoms with Crippen LogP contribution in [0.5, 0.6) is 0 Å². The molecular weight excluding hydrogens is 384 g/mol. The number of ether oxygens (including phenoxy) is 1. The summed E-state index contributed by atoms with van der Waals surface area (Å²) in [5, 5.41) is 11.1. The van der Waals surface area contributed by atoms with Crippen molar-refractivity contribution in [3.63, 3.8) is 0 Å². The van der Waals surface area contributed by atoms with Gasteiger partial charge in [0.1, 0.15) is 5.69 Å². The summed E-state index contributed by atoms with van der Waals surface area (Å²) in [5.41, 5.74) is 2.15. The van der Waals surface area contributed by atoms with E-state index in [0.717, 1.165) is 10.7 Å². The molecule has 0 radical (unpaired) electrons. The van der Waals surface area contributed by atoms with Gasteiger partial charge in [0.2, 0.25) is 0 Å². The van der Waals surface area contributed by atoms with E-state index in [2.05, 4.69) is 15.2 Å². The van der Waals surface area contributed by atoms with Crippen molar-refractivity contribution in [3.05, 3.63) is 40.0 Å². The second-order valence-corrected chi connectivity index (χ2v) is 7.79. The second kappa shape index (κ2) is 8.10. The molecule has 0 bridgehead atoms. The van der Waals surface area contributed by atoms with Crippen molar-refractivity contribution in [2.24, 2.45) is 7.05 Å². The molecule has 3 heterocycles. The van der Waals surface area contributed by atoms with E-state index in [0.29, 0.717) is 27.7 Å². The quantitative estimate of drug-likeness (QED) is 0.367. The number of aryl methyl sites for hydroxylation is 1. The van der Waals surface area contributed by atoms with Crippen molar-refractivity contribution in [1.29, 1.82) is 0 Å². The number of aromatic amines is 1. The number of thiophene rings is 1. The molecule has 3 aromatic rings. The third-order valence-corrected chi connectivity index (χ3v) is 5.99. The van der Waals surface area contributed by atoms with Gasteiger partial charge < -0.3 is 14.3 Å². The number of hydrogen-bond acceptors (Lipinski definition) is 7. The van der Waals surface area contributed by atoms with Gasteiger partial charge in [-0.3, -0.25) is 4.79 Å². The van der Waals surface area contributed by atoms with Crippen LogP contribution in [0.15, 0.2) is 22.7 Å². The zero-order chi connectivity index (χ0) is 19.6. The molecule has 3 aromatic heterocycles. The topological polar surface area (TPSA) is 89.9 Å². The first-order chi connectivity index (χ1) is 12.9. The molecule has 0 saturated heterocycles. The molecule has 3 rings (SSSR count). The molecule has 0 atom stereocenters. The Hall–Kier alpha value is -2.39. The Bertz CT molecular complexity index is 973. The Balaban J connectivity index is 1.75. The van der Waals surface area contributed by atoms with E-state index in [9.17, 15) is 9.59 Å². The number of esters is 1. The molecule has 0 spiro atoms. The second-order valence-electron chi connectivity index (χ2n) is 5.90. The molecular formula is C18H20N4O3S2. The first kappa shape index (κ1) is 19.4. The van der Waals surface area contributed by atoms with E-state index in [1.807, 2.05) is 29.1 Å². The van der Waals surface area contributed by atoms with Gasteiger partial charge in [0.05, 0.1) is 17.2 Å². The summed E-state index contributed by atoms with van der Waals surface area (Å²) in [5.74, 6) is 0.470. The van der Waals surface area contributed by atoms with E-state index in [1.165, 1.54) is 11.8 Å². The Morgan fingerprint density at radius 1 is 1.33 bits per heavy atom. The van der Waals surface area contributed by atoms with Crippen molar-refractivity contribution < 1.29 is 14.3 Å². The van der Waals surface area contributed by atoms with Gasteiger partial charge in [-0.15, -0.1) is 21.5 Å². The highest BCUT2D eigenvalue weighted by atomic mass is 32.2. The number of carbonyl (C=O) groups excluding carboxylic acids is 2. The average molecular weight is 405 g/mol. The highest BCUT2D eigenvalue weighted by Gasteiger charge is 2.23. The van der Waals surface area contributed by atoms with Crippen molar-refractivity contribution in [2.75, 3.05) is 12.4 Å². The maximum Gasteiger partial charge on any atom is 0.355 e. The molecule has 0 aliphatic carbocycles. The lowest BCUT2D eigenvalue weighted by Gasteiger charge is -2.04. The number of hydrogen-bond donors (Lipinski definition) is 1. The standard InChI is InChI=1S/C18H20N4O3S2/c1-5-25-17(24)15-10(2)14(11(3)19-15)12(23)9-27-18-21-20-16(22(18)4)13-7-6-8-26-13/h6-8,19H,5,9H2,1-4H3. The predicted octanol–water partition coefficient (Wildman–Crippen LogP) is 3.64. The van der Waals surface area contributed by atoms with Crippen LogP contribution in [0.2, 0.25) is 0 Å². The summed E-state index contributed by atoms with van der Waals surface area (Å²) in [4.78, 5) is 28.8. The number of aromatic nitrogens is 4. The molecule has 142 valence electrons. The number of carbonyl (C=O) groups is 2. The summed E-state index contributed by atoms with van der Waals surface area (Å²) in [7, 11) is 1.88. The molecule has 0 aromatic carbocycles. The number of H-pyrrole nitrogens is 1. The molecule has 7 nitrogen and oxygen atoms in total. The Morgan fingerprint density at radius 2 is 2.11 bits per heavy atom. The van der Waals surface area contributed by atoms with Crippen molar-refractivity contribution in [3.8, 4) is 10.7 Å². The lowest BCUT2D eigenvalue weighted by atomic mass is 10.1. The van der Waals surface area contributed by atoms with Gasteiger partial charge in [-0.1, -0.05) is 17.8 Å². The van der Waals surface area contributed by atoms with Crippen LogP contribution in [0.25, 0.3) is 10.7 Å². The first-order valence-corrected chi connectivity index (χ1v) is 10.3. The van der Waals surface area contributed by atoms with Crippen LogP contribution in [0, 0.1) is 13.8 Å². The zero-order valence-electron chi connectivity index (χ0n) is 15.5. The van der Waals surface area contributed by atoms with Crippen molar-refractivity contribution >= 4 is 34.9 Å². The van der Waals surface area contributed by atoms with Gasteiger partial charge in [0.15, 0.2) is 16.8 Å². The van der Waals surface area contributed by atoms with Gasteiger partial charge in [-0.2, -0.15) is 0 Å². The van der Waals surface area contributed by atoms with E-state index >= 15 is 0 Å². The van der Waals surface area contributed by atoms with Crippen LogP contribution in [0.3, 0.4) is 0 Å². The molecule has 0 unspecified atom stereocenters. The van der Waals surface area contributed by atoms with Crippen LogP contribution in [0.1, 0.15) is 39.0 Å². The fraction of sp³-hybridized carbons (Fsp3) is 0.333. The summed E-state index contributed by atoms with van der Waals surface area (Å²) in [6.07, 6.45) is 0. The number of ketones is 1. The molecule has 0 fully saturated rings. The molecule has 9 heteroatoms. The molecule has 0 aliphatic rings. The van der Waals surface area contributed by atoms with E-state index in [4.69, 9.17) is 4.74 Å². The van der Waals surface area contributed by atoms with Gasteiger partial charge in [0.25, 0.3) is 0 Å². The largest absolute Gasteiger partial charge is 0.461 e. The zero-order valence-corrected chi connectivity index (χ0v) is 17.2. The molecule has 0 aliphatic heterocycles. The monoisotopic (exact) mass is 404 g/mol. The summed E-state index contributed by atoms with van der Waals surface area (Å²) in [6, 6.07) is 3.95. The van der Waals surface area contributed by atoms with E-state index in [-0.39, 0.29) is 18.1 Å². The Kier molecular flexibility index (Phi) is 5.81. The maximum absolute atomic E-state index is 12.8. The van der Waals surface area contributed by atoms with Gasteiger partial charge in [-0.25, -0.2) is 4.79 Å². The number of nitrogens with zero attached hydrogens (tertiary/aromatic N) is 3. The van der Waals surface area contributed by atoms with Gasteiger partial charge in [-0.05, 0) is 37.8 Å². The van der Waals surface area contributed by atoms with Crippen LogP contribution in [-0.2, 0) is 11.8 Å². The Labute approximate surface area is 165 Å². The minimum atomic E-state index is -0.446. The highest BCUT2D eigenvalue weighted by molar-refractivity contribution is 7.99. The molecule has 0 saturated carbocycles. The first-order valence-electron chi connectivity index (χ1n) is 8.39. The SMILES string of the molecule is CCOC(=O)c1[nH]c(C)c(C(=O)CSc2nnc(-c3cccs3)n2C)c1C. The molecule has 27 heavy (non-hydrogen) atoms. The third-order valence-electron chi connectivity index (χ3n) is 4.10. The van der Waals surface area contributed by atoms with Crippen molar-refractivity contribution in [1.82, 2.24) is 19.7 Å². The fourth-order valence-corrected chi connectivity index (χ4v) is 4.37. The normalized spacial score (nSPS) is 11.0. The molecule has 1 N–H and O–H groups in total. The summed E-state index contributed by atoms with van der Waals surface area (Å²) >= 11 is 2.92. The average Bonchev–Trinajstić information content (AvgIpc) is 3.33. The van der Waals surface area contributed by atoms with Gasteiger partial charge >= 0.3 is 5.97 Å². The molecule has 0 amide bonds. The van der Waals surface area contributed by atoms with Crippen LogP contribution >= 0.6 is 23.1 Å². The minimum Gasteiger partial charge on any atom is -0.461 e. The summed E-state index contributed by atoms with van der Waals surface area (Å²) in [6.45, 7) is 5.57. The maximum atomic E-state index is 12.8. The van der Waals surface area contributed by atoms with Crippen LogP contribution in [-0.4, -0.2) is 43.9 Å². The lowest BCUT2D eigenvalue weighted by Crippen LogP contribution is -2.08.